The summed E-state index contributed by atoms with van der Waals surface area (Å²) in [5.74, 6) is 0.780. The summed E-state index contributed by atoms with van der Waals surface area (Å²) in [6.45, 7) is 2.47. The van der Waals surface area contributed by atoms with Gasteiger partial charge in [0.1, 0.15) is 5.82 Å². The maximum atomic E-state index is 5.50. The van der Waals surface area contributed by atoms with Crippen molar-refractivity contribution in [3.63, 3.8) is 0 Å². The molecular formula is C10H12N4. The molecule has 0 amide bonds. The lowest BCUT2D eigenvalue weighted by atomic mass is 10.2. The first-order valence-corrected chi connectivity index (χ1v) is 4.58. The minimum atomic E-state index is 0.597. The Labute approximate surface area is 82.2 Å². The minimum Gasteiger partial charge on any atom is -0.330 e. The molecule has 2 heterocycles. The second-order valence-electron chi connectivity index (χ2n) is 3.15. The van der Waals surface area contributed by atoms with E-state index in [0.717, 1.165) is 28.8 Å². The highest BCUT2D eigenvalue weighted by Crippen LogP contribution is 2.13. The number of rotatable bonds is 2. The summed E-state index contributed by atoms with van der Waals surface area (Å²) in [5.41, 5.74) is 7.42. The number of aromatic nitrogens is 3. The standard InChI is InChI=1S/C10H12N4/c1-7-13-6-8-9(2-4-11)12-5-3-10(8)14-7/h3,5-6H,2,4,11H2,1H3. The molecule has 4 heteroatoms. The molecule has 0 radical (unpaired) electrons. The number of hydrogen-bond donors (Lipinski definition) is 1. The highest BCUT2D eigenvalue weighted by molar-refractivity contribution is 5.79. The Morgan fingerprint density at radius 2 is 2.21 bits per heavy atom. The topological polar surface area (TPSA) is 64.7 Å². The van der Waals surface area contributed by atoms with Crippen LogP contribution in [0.4, 0.5) is 0 Å². The van der Waals surface area contributed by atoms with Crippen molar-refractivity contribution >= 4 is 10.9 Å². The Balaban J connectivity index is 2.62. The van der Waals surface area contributed by atoms with E-state index in [9.17, 15) is 0 Å². The second kappa shape index (κ2) is 3.67. The van der Waals surface area contributed by atoms with Crippen LogP contribution in [0.2, 0.25) is 0 Å². The van der Waals surface area contributed by atoms with Crippen LogP contribution in [-0.2, 0) is 6.42 Å². The molecule has 2 N–H and O–H groups in total. The van der Waals surface area contributed by atoms with Gasteiger partial charge in [0.25, 0.3) is 0 Å². The van der Waals surface area contributed by atoms with Crippen molar-refractivity contribution < 1.29 is 0 Å². The molecule has 0 bridgehead atoms. The van der Waals surface area contributed by atoms with E-state index in [2.05, 4.69) is 15.0 Å². The third-order valence-electron chi connectivity index (χ3n) is 2.09. The summed E-state index contributed by atoms with van der Waals surface area (Å²) in [6, 6.07) is 1.89. The summed E-state index contributed by atoms with van der Waals surface area (Å²) in [6.07, 6.45) is 4.35. The summed E-state index contributed by atoms with van der Waals surface area (Å²) in [5, 5.41) is 1.00. The molecule has 0 saturated heterocycles. The SMILES string of the molecule is Cc1ncc2c(CCN)nccc2n1. The van der Waals surface area contributed by atoms with E-state index in [1.165, 1.54) is 0 Å². The summed E-state index contributed by atoms with van der Waals surface area (Å²) < 4.78 is 0. The highest BCUT2D eigenvalue weighted by atomic mass is 14.9. The van der Waals surface area contributed by atoms with Gasteiger partial charge in [-0.05, 0) is 19.5 Å². The first-order chi connectivity index (χ1) is 6.81. The fourth-order valence-corrected chi connectivity index (χ4v) is 1.44. The van der Waals surface area contributed by atoms with E-state index in [0.29, 0.717) is 6.54 Å². The minimum absolute atomic E-state index is 0.597. The van der Waals surface area contributed by atoms with E-state index in [-0.39, 0.29) is 0 Å². The molecule has 0 aromatic carbocycles. The molecule has 0 aliphatic heterocycles. The Bertz CT molecular complexity index is 453. The van der Waals surface area contributed by atoms with Crippen molar-refractivity contribution in [3.8, 4) is 0 Å². The number of pyridine rings is 1. The van der Waals surface area contributed by atoms with Gasteiger partial charge in [0.05, 0.1) is 11.2 Å². The smallest absolute Gasteiger partial charge is 0.125 e. The molecule has 0 fully saturated rings. The Kier molecular flexibility index (Phi) is 2.37. The molecule has 0 aliphatic rings. The largest absolute Gasteiger partial charge is 0.330 e. The normalized spacial score (nSPS) is 10.7. The summed E-state index contributed by atoms with van der Waals surface area (Å²) in [7, 11) is 0. The van der Waals surface area contributed by atoms with Gasteiger partial charge < -0.3 is 5.73 Å². The molecule has 4 nitrogen and oxygen atoms in total. The lowest BCUT2D eigenvalue weighted by Crippen LogP contribution is -2.05. The number of nitrogens with zero attached hydrogens (tertiary/aromatic N) is 3. The molecule has 0 unspecified atom stereocenters. The molecular weight excluding hydrogens is 176 g/mol. The van der Waals surface area contributed by atoms with Gasteiger partial charge in [-0.1, -0.05) is 0 Å². The number of nitrogens with two attached hydrogens (primary N) is 1. The second-order valence-corrected chi connectivity index (χ2v) is 3.15. The third-order valence-corrected chi connectivity index (χ3v) is 2.09. The molecule has 0 spiro atoms. The average Bonchev–Trinajstić information content (AvgIpc) is 2.18. The van der Waals surface area contributed by atoms with Crippen molar-refractivity contribution in [1.82, 2.24) is 15.0 Å². The molecule has 2 aromatic rings. The highest BCUT2D eigenvalue weighted by Gasteiger charge is 2.02. The zero-order valence-electron chi connectivity index (χ0n) is 8.07. The molecule has 0 aliphatic carbocycles. The van der Waals surface area contributed by atoms with Crippen LogP contribution in [-0.4, -0.2) is 21.5 Å². The average molecular weight is 188 g/mol. The van der Waals surface area contributed by atoms with Crippen molar-refractivity contribution in [2.75, 3.05) is 6.54 Å². The Morgan fingerprint density at radius 1 is 1.36 bits per heavy atom. The fraction of sp³-hybridized carbons (Fsp3) is 0.300. The van der Waals surface area contributed by atoms with Gasteiger partial charge in [0.15, 0.2) is 0 Å². The predicted molar refractivity (Wildman–Crippen MR) is 54.8 cm³/mol. The molecule has 14 heavy (non-hydrogen) atoms. The molecule has 72 valence electrons. The lowest BCUT2D eigenvalue weighted by molar-refractivity contribution is 0.931. The van der Waals surface area contributed by atoms with E-state index in [1.807, 2.05) is 19.2 Å². The van der Waals surface area contributed by atoms with Crippen molar-refractivity contribution in [2.45, 2.75) is 13.3 Å². The first kappa shape index (κ1) is 9.02. The van der Waals surface area contributed by atoms with Crippen LogP contribution >= 0.6 is 0 Å². The number of aryl methyl sites for hydroxylation is 1. The van der Waals surface area contributed by atoms with Gasteiger partial charge in [-0.2, -0.15) is 0 Å². The molecule has 0 saturated carbocycles. The van der Waals surface area contributed by atoms with E-state index >= 15 is 0 Å². The maximum absolute atomic E-state index is 5.50. The van der Waals surface area contributed by atoms with E-state index in [4.69, 9.17) is 5.73 Å². The van der Waals surface area contributed by atoms with Gasteiger partial charge in [-0.15, -0.1) is 0 Å². The number of hydrogen-bond acceptors (Lipinski definition) is 4. The van der Waals surface area contributed by atoms with Crippen LogP contribution < -0.4 is 5.73 Å². The zero-order chi connectivity index (χ0) is 9.97. The molecule has 2 aromatic heterocycles. The van der Waals surface area contributed by atoms with Crippen LogP contribution in [0.5, 0.6) is 0 Å². The van der Waals surface area contributed by atoms with Gasteiger partial charge in [-0.25, -0.2) is 9.97 Å². The monoisotopic (exact) mass is 188 g/mol. The van der Waals surface area contributed by atoms with Gasteiger partial charge in [0.2, 0.25) is 0 Å². The van der Waals surface area contributed by atoms with E-state index < -0.39 is 0 Å². The summed E-state index contributed by atoms with van der Waals surface area (Å²) in [4.78, 5) is 12.8. The quantitative estimate of drug-likeness (QED) is 0.758. The van der Waals surface area contributed by atoms with Crippen LogP contribution in [0.15, 0.2) is 18.5 Å². The van der Waals surface area contributed by atoms with Gasteiger partial charge >= 0.3 is 0 Å². The van der Waals surface area contributed by atoms with E-state index in [1.54, 1.807) is 6.20 Å². The fourth-order valence-electron chi connectivity index (χ4n) is 1.44. The van der Waals surface area contributed by atoms with Gasteiger partial charge in [-0.3, -0.25) is 4.98 Å². The maximum Gasteiger partial charge on any atom is 0.125 e. The van der Waals surface area contributed by atoms with Crippen LogP contribution in [0.3, 0.4) is 0 Å². The van der Waals surface area contributed by atoms with Crippen molar-refractivity contribution in [2.24, 2.45) is 5.73 Å². The molecule has 0 atom stereocenters. The third kappa shape index (κ3) is 1.56. The first-order valence-electron chi connectivity index (χ1n) is 4.58. The number of fused-ring (bicyclic) bond motifs is 1. The van der Waals surface area contributed by atoms with Crippen LogP contribution in [0.1, 0.15) is 11.5 Å². The van der Waals surface area contributed by atoms with Gasteiger partial charge in [0, 0.05) is 24.2 Å². The lowest BCUT2D eigenvalue weighted by Gasteiger charge is -2.03. The molecule has 2 rings (SSSR count). The predicted octanol–water partition coefficient (Wildman–Crippen LogP) is 0.834. The Hall–Kier alpha value is -1.55. The van der Waals surface area contributed by atoms with Crippen LogP contribution in [0.25, 0.3) is 10.9 Å². The van der Waals surface area contributed by atoms with Crippen LogP contribution in [0, 0.1) is 6.92 Å². The van der Waals surface area contributed by atoms with Crippen molar-refractivity contribution in [1.29, 1.82) is 0 Å². The zero-order valence-corrected chi connectivity index (χ0v) is 8.07. The summed E-state index contributed by atoms with van der Waals surface area (Å²) >= 11 is 0. The van der Waals surface area contributed by atoms with Crippen molar-refractivity contribution in [3.05, 3.63) is 30.0 Å². The Morgan fingerprint density at radius 3 is 3.00 bits per heavy atom.